The van der Waals surface area contributed by atoms with Crippen LogP contribution in [0.3, 0.4) is 0 Å². The summed E-state index contributed by atoms with van der Waals surface area (Å²) in [5.74, 6) is 1.77. The van der Waals surface area contributed by atoms with Crippen molar-refractivity contribution in [3.63, 3.8) is 0 Å². The largest absolute Gasteiger partial charge is 0.491 e. The van der Waals surface area contributed by atoms with E-state index in [1.165, 1.54) is 0 Å². The number of methoxy groups -OCH3 is 1. The van der Waals surface area contributed by atoms with Gasteiger partial charge in [0, 0.05) is 11.9 Å². The molecule has 0 saturated carbocycles. The van der Waals surface area contributed by atoms with Gasteiger partial charge in [0.15, 0.2) is 5.75 Å². The Balaban J connectivity index is 2.31. The van der Waals surface area contributed by atoms with E-state index >= 15 is 0 Å². The number of ether oxygens (including phenoxy) is 2. The summed E-state index contributed by atoms with van der Waals surface area (Å²) in [6.07, 6.45) is 1.66. The second-order valence-corrected chi connectivity index (χ2v) is 3.64. The van der Waals surface area contributed by atoms with Crippen LogP contribution < -0.4 is 15.2 Å². The molecule has 0 radical (unpaired) electrons. The molecule has 0 bridgehead atoms. The van der Waals surface area contributed by atoms with Gasteiger partial charge in [-0.25, -0.2) is 4.98 Å². The number of hydrogen-bond donors (Lipinski definition) is 1. The predicted octanol–water partition coefficient (Wildman–Crippen LogP) is 2.77. The molecule has 17 heavy (non-hydrogen) atoms. The van der Waals surface area contributed by atoms with E-state index in [0.717, 1.165) is 11.3 Å². The Morgan fingerprint density at radius 2 is 2.00 bits per heavy atom. The van der Waals surface area contributed by atoms with Crippen molar-refractivity contribution < 1.29 is 9.47 Å². The third kappa shape index (κ3) is 2.47. The van der Waals surface area contributed by atoms with Gasteiger partial charge in [-0.3, -0.25) is 0 Å². The maximum Gasteiger partial charge on any atom is 0.262 e. The lowest BCUT2D eigenvalue weighted by Crippen LogP contribution is -1.95. The molecular weight excluding hydrogens is 216 g/mol. The topological polar surface area (TPSA) is 57.4 Å². The summed E-state index contributed by atoms with van der Waals surface area (Å²) in [4.78, 5) is 4.13. The van der Waals surface area contributed by atoms with Crippen molar-refractivity contribution in [3.05, 3.63) is 42.1 Å². The van der Waals surface area contributed by atoms with E-state index in [1.807, 2.05) is 19.1 Å². The van der Waals surface area contributed by atoms with Gasteiger partial charge in [0.2, 0.25) is 0 Å². The minimum Gasteiger partial charge on any atom is -0.491 e. The molecule has 0 aliphatic rings. The van der Waals surface area contributed by atoms with Crippen molar-refractivity contribution in [2.75, 3.05) is 12.8 Å². The standard InChI is InChI=1S/C13H14N2O2/c1-9-8-10(14)5-6-11(9)17-13-12(16-2)4-3-7-15-13/h3-8H,14H2,1-2H3. The van der Waals surface area contributed by atoms with Crippen LogP contribution in [0.15, 0.2) is 36.5 Å². The molecule has 0 fully saturated rings. The normalized spacial score (nSPS) is 10.0. The molecule has 0 unspecified atom stereocenters. The molecule has 0 atom stereocenters. The van der Waals surface area contributed by atoms with Crippen molar-refractivity contribution in [3.8, 4) is 17.4 Å². The zero-order chi connectivity index (χ0) is 12.3. The Morgan fingerprint density at radius 3 is 2.71 bits per heavy atom. The molecular formula is C13H14N2O2. The van der Waals surface area contributed by atoms with Crippen LogP contribution in [0.1, 0.15) is 5.56 Å². The van der Waals surface area contributed by atoms with E-state index in [0.29, 0.717) is 17.3 Å². The Kier molecular flexibility index (Phi) is 3.14. The lowest BCUT2D eigenvalue weighted by molar-refractivity contribution is 0.369. The van der Waals surface area contributed by atoms with Gasteiger partial charge in [0.25, 0.3) is 5.88 Å². The van der Waals surface area contributed by atoms with Crippen molar-refractivity contribution in [2.24, 2.45) is 0 Å². The smallest absolute Gasteiger partial charge is 0.262 e. The molecule has 4 heteroatoms. The highest BCUT2D eigenvalue weighted by atomic mass is 16.5. The van der Waals surface area contributed by atoms with Gasteiger partial charge >= 0.3 is 0 Å². The summed E-state index contributed by atoms with van der Waals surface area (Å²) in [5, 5.41) is 0. The molecule has 2 N–H and O–H groups in total. The average Bonchev–Trinajstić information content (AvgIpc) is 2.33. The highest BCUT2D eigenvalue weighted by Crippen LogP contribution is 2.30. The number of pyridine rings is 1. The first-order chi connectivity index (χ1) is 8.20. The molecule has 88 valence electrons. The molecule has 1 aromatic carbocycles. The lowest BCUT2D eigenvalue weighted by Gasteiger charge is -2.10. The van der Waals surface area contributed by atoms with E-state index < -0.39 is 0 Å². The summed E-state index contributed by atoms with van der Waals surface area (Å²) in [5.41, 5.74) is 7.35. The molecule has 0 aliphatic heterocycles. The summed E-state index contributed by atoms with van der Waals surface area (Å²) in [6.45, 7) is 1.93. The van der Waals surface area contributed by atoms with Crippen molar-refractivity contribution in [1.29, 1.82) is 0 Å². The zero-order valence-electron chi connectivity index (χ0n) is 9.81. The van der Waals surface area contributed by atoms with E-state index in [4.69, 9.17) is 15.2 Å². The summed E-state index contributed by atoms with van der Waals surface area (Å²) >= 11 is 0. The Labute approximate surface area is 100 Å². The molecule has 0 amide bonds. The zero-order valence-corrected chi connectivity index (χ0v) is 9.81. The fourth-order valence-electron chi connectivity index (χ4n) is 1.50. The van der Waals surface area contributed by atoms with Gasteiger partial charge in [0.1, 0.15) is 5.75 Å². The predicted molar refractivity (Wildman–Crippen MR) is 66.5 cm³/mol. The monoisotopic (exact) mass is 230 g/mol. The Hall–Kier alpha value is -2.23. The molecule has 2 aromatic rings. The van der Waals surface area contributed by atoms with Crippen LogP contribution in [0.5, 0.6) is 17.4 Å². The first kappa shape index (κ1) is 11.3. The molecule has 1 aromatic heterocycles. The highest BCUT2D eigenvalue weighted by Gasteiger charge is 2.07. The number of hydrogen-bond acceptors (Lipinski definition) is 4. The highest BCUT2D eigenvalue weighted by molar-refractivity contribution is 5.49. The average molecular weight is 230 g/mol. The van der Waals surface area contributed by atoms with Gasteiger partial charge in [-0.2, -0.15) is 0 Å². The minimum absolute atomic E-state index is 0.447. The fraction of sp³-hybridized carbons (Fsp3) is 0.154. The molecule has 0 aliphatic carbocycles. The Morgan fingerprint density at radius 1 is 1.18 bits per heavy atom. The van der Waals surface area contributed by atoms with Crippen LogP contribution in [0.2, 0.25) is 0 Å². The van der Waals surface area contributed by atoms with Crippen LogP contribution in [-0.2, 0) is 0 Å². The van der Waals surface area contributed by atoms with E-state index in [-0.39, 0.29) is 0 Å². The minimum atomic E-state index is 0.447. The number of nitrogens with zero attached hydrogens (tertiary/aromatic N) is 1. The Bertz CT molecular complexity index is 527. The van der Waals surface area contributed by atoms with E-state index in [2.05, 4.69) is 4.98 Å². The maximum absolute atomic E-state index is 5.69. The molecule has 2 rings (SSSR count). The number of rotatable bonds is 3. The SMILES string of the molecule is COc1cccnc1Oc1ccc(N)cc1C. The molecule has 0 spiro atoms. The van der Waals surface area contributed by atoms with Gasteiger partial charge in [-0.1, -0.05) is 0 Å². The van der Waals surface area contributed by atoms with Crippen molar-refractivity contribution in [1.82, 2.24) is 4.98 Å². The third-order valence-electron chi connectivity index (χ3n) is 2.36. The first-order valence-corrected chi connectivity index (χ1v) is 5.23. The lowest BCUT2D eigenvalue weighted by atomic mass is 10.2. The molecule has 1 heterocycles. The van der Waals surface area contributed by atoms with Crippen LogP contribution in [-0.4, -0.2) is 12.1 Å². The number of nitrogen functional groups attached to an aromatic ring is 1. The van der Waals surface area contributed by atoms with Gasteiger partial charge < -0.3 is 15.2 Å². The maximum atomic E-state index is 5.69. The van der Waals surface area contributed by atoms with Crippen molar-refractivity contribution >= 4 is 5.69 Å². The van der Waals surface area contributed by atoms with Crippen LogP contribution in [0, 0.1) is 6.92 Å². The molecule has 0 saturated heterocycles. The van der Waals surface area contributed by atoms with Gasteiger partial charge in [-0.05, 0) is 42.8 Å². The van der Waals surface area contributed by atoms with Crippen LogP contribution >= 0.6 is 0 Å². The van der Waals surface area contributed by atoms with Gasteiger partial charge in [0.05, 0.1) is 7.11 Å². The van der Waals surface area contributed by atoms with Crippen LogP contribution in [0.4, 0.5) is 5.69 Å². The summed E-state index contributed by atoms with van der Waals surface area (Å²) in [7, 11) is 1.58. The van der Waals surface area contributed by atoms with Gasteiger partial charge in [-0.15, -0.1) is 0 Å². The van der Waals surface area contributed by atoms with E-state index in [9.17, 15) is 0 Å². The summed E-state index contributed by atoms with van der Waals surface area (Å²) in [6, 6.07) is 9.05. The number of anilines is 1. The van der Waals surface area contributed by atoms with Crippen LogP contribution in [0.25, 0.3) is 0 Å². The molecule has 4 nitrogen and oxygen atoms in total. The number of nitrogens with two attached hydrogens (primary N) is 1. The number of aromatic nitrogens is 1. The second kappa shape index (κ2) is 4.74. The first-order valence-electron chi connectivity index (χ1n) is 5.23. The second-order valence-electron chi connectivity index (χ2n) is 3.64. The third-order valence-corrected chi connectivity index (χ3v) is 2.36. The van der Waals surface area contributed by atoms with Crippen molar-refractivity contribution in [2.45, 2.75) is 6.92 Å². The fourth-order valence-corrected chi connectivity index (χ4v) is 1.50. The quantitative estimate of drug-likeness (QED) is 0.824. The summed E-state index contributed by atoms with van der Waals surface area (Å²) < 4.78 is 10.9. The van der Waals surface area contributed by atoms with E-state index in [1.54, 1.807) is 31.5 Å². The number of benzene rings is 1. The number of aryl methyl sites for hydroxylation is 1.